The van der Waals surface area contributed by atoms with Crippen LogP contribution < -0.4 is 14.9 Å². The molecule has 2 aromatic carbocycles. The largest absolute Gasteiger partial charge is 0.516 e. The zero-order chi connectivity index (χ0) is 24.4. The molecule has 1 saturated heterocycles. The number of anilines is 1. The molecule has 3 rings (SSSR count). The maximum atomic E-state index is 13.2. The Kier molecular flexibility index (Phi) is 7.30. The van der Waals surface area contributed by atoms with E-state index in [1.165, 1.54) is 18.2 Å². The van der Waals surface area contributed by atoms with Crippen LogP contribution in [0.5, 0.6) is 5.75 Å². The zero-order valence-electron chi connectivity index (χ0n) is 19.0. The monoisotopic (exact) mass is 485 g/mol. The Bertz CT molecular complexity index is 1060. The van der Waals surface area contributed by atoms with Crippen LogP contribution in [0.25, 0.3) is 0 Å². The second-order valence-electron chi connectivity index (χ2n) is 8.60. The van der Waals surface area contributed by atoms with E-state index < -0.39 is 21.1 Å². The van der Waals surface area contributed by atoms with Crippen LogP contribution in [0.4, 0.5) is 18.9 Å². The summed E-state index contributed by atoms with van der Waals surface area (Å²) in [7, 11) is -4.64. The molecule has 1 aliphatic rings. The second kappa shape index (κ2) is 9.52. The first kappa shape index (κ1) is 25.3. The number of nitrogens with two attached hydrogens (primary N) is 1. The van der Waals surface area contributed by atoms with Crippen molar-refractivity contribution in [3.05, 3.63) is 59.7 Å². The van der Waals surface area contributed by atoms with Crippen LogP contribution in [-0.4, -0.2) is 38.6 Å². The average Bonchev–Trinajstić information content (AvgIpc) is 2.75. The normalized spacial score (nSPS) is 20.1. The van der Waals surface area contributed by atoms with Crippen LogP contribution in [-0.2, 0) is 22.0 Å². The van der Waals surface area contributed by atoms with Gasteiger partial charge >= 0.3 is 15.5 Å². The first-order valence-corrected chi connectivity index (χ1v) is 12.2. The molecular formula is C23H30F3N3O3S. The van der Waals surface area contributed by atoms with Crippen molar-refractivity contribution in [3.63, 3.8) is 0 Å². The molecule has 2 aromatic rings. The van der Waals surface area contributed by atoms with Gasteiger partial charge in [0.25, 0.3) is 0 Å². The van der Waals surface area contributed by atoms with E-state index in [4.69, 9.17) is 10.6 Å². The minimum atomic E-state index is -5.54. The van der Waals surface area contributed by atoms with E-state index in [2.05, 4.69) is 0 Å². The van der Waals surface area contributed by atoms with Gasteiger partial charge in [-0.15, -0.1) is 0 Å². The molecule has 1 heterocycles. The second-order valence-corrected chi connectivity index (χ2v) is 10.6. The smallest absolute Gasteiger partial charge is 0.491 e. The molecule has 1 fully saturated rings. The fourth-order valence-corrected chi connectivity index (χ4v) is 4.99. The van der Waals surface area contributed by atoms with Crippen molar-refractivity contribution in [2.24, 2.45) is 5.84 Å². The number of ether oxygens (including phenoxy) is 1. The molecular weight excluding hydrogens is 455 g/mol. The molecule has 0 spiro atoms. The third kappa shape index (κ3) is 5.12. The molecule has 0 aromatic heterocycles. The Hall–Kier alpha value is -2.30. The van der Waals surface area contributed by atoms with Crippen LogP contribution >= 0.6 is 0 Å². The highest BCUT2D eigenvalue weighted by Gasteiger charge is 2.49. The van der Waals surface area contributed by atoms with Gasteiger partial charge in [-0.1, -0.05) is 30.3 Å². The number of hydrogen-bond acceptors (Lipinski definition) is 5. The number of nitrogens with zero attached hydrogens (tertiary/aromatic N) is 2. The Morgan fingerprint density at radius 2 is 1.82 bits per heavy atom. The summed E-state index contributed by atoms with van der Waals surface area (Å²) >= 11 is 0. The van der Waals surface area contributed by atoms with Gasteiger partial charge < -0.3 is 4.74 Å². The summed E-state index contributed by atoms with van der Waals surface area (Å²) < 4.78 is 69.6. The molecule has 0 bridgehead atoms. The van der Waals surface area contributed by atoms with Crippen molar-refractivity contribution >= 4 is 15.7 Å². The standard InChI is InChI=1S/C23H30F3N3O3S/c1-17(2)32-21-12-11-20(28(3)33(30,31)23(24,25)26)15-18(21)16-22(13-7-8-14-29(22)27)19-9-5-4-6-10-19/h4-6,9-12,15,17H,7-8,13-14,16,27H2,1-3H3. The molecule has 2 N–H and O–H groups in total. The van der Waals surface area contributed by atoms with Crippen LogP contribution in [0.3, 0.4) is 0 Å². The summed E-state index contributed by atoms with van der Waals surface area (Å²) in [5.74, 6) is 6.99. The molecule has 10 heteroatoms. The van der Waals surface area contributed by atoms with Crippen LogP contribution in [0, 0.1) is 0 Å². The zero-order valence-corrected chi connectivity index (χ0v) is 19.8. The van der Waals surface area contributed by atoms with Crippen LogP contribution in [0.1, 0.15) is 44.2 Å². The fraction of sp³-hybridized carbons (Fsp3) is 0.478. The van der Waals surface area contributed by atoms with Crippen LogP contribution in [0.15, 0.2) is 48.5 Å². The highest BCUT2D eigenvalue weighted by molar-refractivity contribution is 7.93. The van der Waals surface area contributed by atoms with E-state index in [9.17, 15) is 21.6 Å². The predicted molar refractivity (Wildman–Crippen MR) is 122 cm³/mol. The van der Waals surface area contributed by atoms with Crippen molar-refractivity contribution in [3.8, 4) is 5.75 Å². The lowest BCUT2D eigenvalue weighted by Crippen LogP contribution is -2.54. The molecule has 1 aliphatic heterocycles. The minimum Gasteiger partial charge on any atom is -0.491 e. The average molecular weight is 486 g/mol. The predicted octanol–water partition coefficient (Wildman–Crippen LogP) is 4.56. The number of piperidine rings is 1. The quantitative estimate of drug-likeness (QED) is 0.582. The van der Waals surface area contributed by atoms with E-state index in [0.29, 0.717) is 24.3 Å². The lowest BCUT2D eigenvalue weighted by atomic mass is 9.77. The van der Waals surface area contributed by atoms with Gasteiger partial charge in [0.2, 0.25) is 0 Å². The number of benzene rings is 2. The molecule has 0 amide bonds. The van der Waals surface area contributed by atoms with Gasteiger partial charge in [0.1, 0.15) is 5.75 Å². The number of halogens is 3. The molecule has 182 valence electrons. The SMILES string of the molecule is CC(C)Oc1ccc(N(C)S(=O)(=O)C(F)(F)F)cc1CC1(c2ccccc2)CCCCN1N. The fourth-order valence-electron chi connectivity index (χ4n) is 4.29. The van der Waals surface area contributed by atoms with Gasteiger partial charge in [0.05, 0.1) is 17.3 Å². The Labute approximate surface area is 193 Å². The van der Waals surface area contributed by atoms with E-state index in [-0.39, 0.29) is 16.1 Å². The summed E-state index contributed by atoms with van der Waals surface area (Å²) in [6.07, 6.45) is 2.79. The molecule has 1 atom stereocenters. The van der Waals surface area contributed by atoms with E-state index >= 15 is 0 Å². The van der Waals surface area contributed by atoms with Crippen LogP contribution in [0.2, 0.25) is 0 Å². The summed E-state index contributed by atoms with van der Waals surface area (Å²) in [5, 5.41) is 1.79. The maximum Gasteiger partial charge on any atom is 0.516 e. The lowest BCUT2D eigenvalue weighted by molar-refractivity contribution is -0.0437. The first-order valence-electron chi connectivity index (χ1n) is 10.8. The number of rotatable bonds is 7. The number of hydrogen-bond donors (Lipinski definition) is 1. The van der Waals surface area contributed by atoms with Gasteiger partial charge in [0, 0.05) is 13.6 Å². The molecule has 0 radical (unpaired) electrons. The summed E-state index contributed by atoms with van der Waals surface area (Å²) in [5.41, 5.74) is -4.52. The topological polar surface area (TPSA) is 75.9 Å². The van der Waals surface area contributed by atoms with Crippen molar-refractivity contribution < 1.29 is 26.3 Å². The Balaban J connectivity index is 2.11. The highest BCUT2D eigenvalue weighted by Crippen LogP contribution is 2.42. The molecule has 1 unspecified atom stereocenters. The Morgan fingerprint density at radius 1 is 1.15 bits per heavy atom. The third-order valence-corrected chi connectivity index (χ3v) is 7.52. The summed E-state index contributed by atoms with van der Waals surface area (Å²) in [4.78, 5) is 0. The third-order valence-electron chi connectivity index (χ3n) is 6.01. The Morgan fingerprint density at radius 3 is 2.39 bits per heavy atom. The number of hydrazine groups is 1. The number of alkyl halides is 3. The molecule has 33 heavy (non-hydrogen) atoms. The van der Waals surface area contributed by atoms with E-state index in [1.807, 2.05) is 44.2 Å². The van der Waals surface area contributed by atoms with Gasteiger partial charge in [-0.25, -0.2) is 5.01 Å². The van der Waals surface area contributed by atoms with E-state index in [1.54, 1.807) is 5.01 Å². The highest BCUT2D eigenvalue weighted by atomic mass is 32.2. The molecule has 6 nitrogen and oxygen atoms in total. The van der Waals surface area contributed by atoms with Crippen molar-refractivity contribution in [2.45, 2.75) is 56.7 Å². The lowest BCUT2D eigenvalue weighted by Gasteiger charge is -2.45. The van der Waals surface area contributed by atoms with Gasteiger partial charge in [-0.2, -0.15) is 21.6 Å². The maximum absolute atomic E-state index is 13.2. The van der Waals surface area contributed by atoms with Gasteiger partial charge in [-0.3, -0.25) is 10.1 Å². The molecule has 0 saturated carbocycles. The van der Waals surface area contributed by atoms with Crippen molar-refractivity contribution in [2.75, 3.05) is 17.9 Å². The number of sulfonamides is 1. The first-order chi connectivity index (χ1) is 15.4. The van der Waals surface area contributed by atoms with Gasteiger partial charge in [-0.05, 0) is 68.9 Å². The van der Waals surface area contributed by atoms with Crippen molar-refractivity contribution in [1.82, 2.24) is 5.01 Å². The minimum absolute atomic E-state index is 0.0963. The van der Waals surface area contributed by atoms with E-state index in [0.717, 1.165) is 31.9 Å². The molecule has 0 aliphatic carbocycles. The summed E-state index contributed by atoms with van der Waals surface area (Å²) in [6, 6.07) is 14.0. The van der Waals surface area contributed by atoms with Gasteiger partial charge in [0.15, 0.2) is 0 Å². The van der Waals surface area contributed by atoms with Crippen molar-refractivity contribution in [1.29, 1.82) is 0 Å². The summed E-state index contributed by atoms with van der Waals surface area (Å²) in [6.45, 7) is 4.36.